The highest BCUT2D eigenvalue weighted by Gasteiger charge is 2.34. The SMILES string of the molecule is O=C1CC(c2c(F)cccc2F)c2ncn(-c3cccc(F)c3)c2N1. The molecule has 4 nitrogen and oxygen atoms in total. The molecule has 0 bridgehead atoms. The first-order valence-corrected chi connectivity index (χ1v) is 7.61. The number of amides is 1. The lowest BCUT2D eigenvalue weighted by Gasteiger charge is -2.24. The van der Waals surface area contributed by atoms with Crippen molar-refractivity contribution >= 4 is 11.7 Å². The Bertz CT molecular complexity index is 963. The number of imidazole rings is 1. The first-order valence-electron chi connectivity index (χ1n) is 7.61. The van der Waals surface area contributed by atoms with Crippen molar-refractivity contribution < 1.29 is 18.0 Å². The molecule has 126 valence electrons. The largest absolute Gasteiger partial charge is 0.310 e. The van der Waals surface area contributed by atoms with Gasteiger partial charge >= 0.3 is 0 Å². The Morgan fingerprint density at radius 3 is 2.52 bits per heavy atom. The summed E-state index contributed by atoms with van der Waals surface area (Å²) in [6, 6.07) is 9.30. The Balaban J connectivity index is 1.88. The Kier molecular flexibility index (Phi) is 3.56. The van der Waals surface area contributed by atoms with E-state index >= 15 is 0 Å². The molecule has 0 saturated heterocycles. The number of nitrogens with zero attached hydrogens (tertiary/aromatic N) is 2. The molecule has 4 rings (SSSR count). The number of anilines is 1. The zero-order valence-corrected chi connectivity index (χ0v) is 12.8. The zero-order valence-electron chi connectivity index (χ0n) is 12.8. The van der Waals surface area contributed by atoms with Crippen LogP contribution in [0.1, 0.15) is 23.6 Å². The van der Waals surface area contributed by atoms with Crippen LogP contribution in [0, 0.1) is 17.5 Å². The van der Waals surface area contributed by atoms with Crippen molar-refractivity contribution in [2.24, 2.45) is 0 Å². The molecule has 1 aliphatic heterocycles. The third-order valence-electron chi connectivity index (χ3n) is 4.21. The highest BCUT2D eigenvalue weighted by Crippen LogP contribution is 2.39. The van der Waals surface area contributed by atoms with E-state index in [1.165, 1.54) is 35.2 Å². The molecule has 1 unspecified atom stereocenters. The number of hydrogen-bond acceptors (Lipinski definition) is 2. The van der Waals surface area contributed by atoms with Crippen molar-refractivity contribution in [1.82, 2.24) is 9.55 Å². The molecule has 1 atom stereocenters. The van der Waals surface area contributed by atoms with Crippen LogP contribution in [0.15, 0.2) is 48.8 Å². The molecule has 1 amide bonds. The molecule has 1 N–H and O–H groups in total. The van der Waals surface area contributed by atoms with Gasteiger partial charge in [-0.3, -0.25) is 9.36 Å². The molecule has 0 fully saturated rings. The van der Waals surface area contributed by atoms with Crippen LogP contribution in [0.4, 0.5) is 19.0 Å². The average Bonchev–Trinajstić information content (AvgIpc) is 2.98. The third-order valence-corrected chi connectivity index (χ3v) is 4.21. The van der Waals surface area contributed by atoms with Gasteiger partial charge in [-0.15, -0.1) is 0 Å². The normalized spacial score (nSPS) is 16.4. The highest BCUT2D eigenvalue weighted by atomic mass is 19.1. The van der Waals surface area contributed by atoms with Crippen LogP contribution in [0.5, 0.6) is 0 Å². The van der Waals surface area contributed by atoms with Crippen molar-refractivity contribution in [2.45, 2.75) is 12.3 Å². The summed E-state index contributed by atoms with van der Waals surface area (Å²) in [4.78, 5) is 16.3. The minimum Gasteiger partial charge on any atom is -0.310 e. The number of nitrogens with one attached hydrogen (secondary N) is 1. The van der Waals surface area contributed by atoms with Crippen LogP contribution in [-0.2, 0) is 4.79 Å². The van der Waals surface area contributed by atoms with Gasteiger partial charge in [0.2, 0.25) is 5.91 Å². The molecule has 0 spiro atoms. The fourth-order valence-corrected chi connectivity index (χ4v) is 3.11. The predicted octanol–water partition coefficient (Wildman–Crippen LogP) is 3.76. The Hall–Kier alpha value is -3.09. The standard InChI is InChI=1S/C18H12F3N3O/c19-10-3-1-4-11(7-10)24-9-22-17-12(8-15(25)23-18(17)24)16-13(20)5-2-6-14(16)21/h1-7,9,12H,8H2,(H,23,25). The van der Waals surface area contributed by atoms with Crippen molar-refractivity contribution in [3.63, 3.8) is 0 Å². The van der Waals surface area contributed by atoms with Gasteiger partial charge in [-0.25, -0.2) is 18.2 Å². The van der Waals surface area contributed by atoms with Crippen molar-refractivity contribution in [3.05, 3.63) is 77.5 Å². The van der Waals surface area contributed by atoms with Crippen LogP contribution >= 0.6 is 0 Å². The lowest BCUT2D eigenvalue weighted by atomic mass is 9.89. The number of aromatic nitrogens is 2. The summed E-state index contributed by atoms with van der Waals surface area (Å²) < 4.78 is 43.3. The van der Waals surface area contributed by atoms with E-state index in [-0.39, 0.29) is 17.8 Å². The summed E-state index contributed by atoms with van der Waals surface area (Å²) in [5.41, 5.74) is 0.597. The van der Waals surface area contributed by atoms with E-state index in [2.05, 4.69) is 10.3 Å². The molecule has 25 heavy (non-hydrogen) atoms. The fraction of sp³-hybridized carbons (Fsp3) is 0.111. The summed E-state index contributed by atoms with van der Waals surface area (Å²) >= 11 is 0. The maximum absolute atomic E-state index is 14.2. The van der Waals surface area contributed by atoms with E-state index in [9.17, 15) is 18.0 Å². The summed E-state index contributed by atoms with van der Waals surface area (Å²) in [6.45, 7) is 0. The van der Waals surface area contributed by atoms with E-state index < -0.39 is 29.3 Å². The number of carbonyl (C=O) groups is 1. The van der Waals surface area contributed by atoms with Crippen LogP contribution in [0.2, 0.25) is 0 Å². The highest BCUT2D eigenvalue weighted by molar-refractivity contribution is 5.94. The van der Waals surface area contributed by atoms with E-state index in [4.69, 9.17) is 0 Å². The van der Waals surface area contributed by atoms with Crippen molar-refractivity contribution in [1.29, 1.82) is 0 Å². The van der Waals surface area contributed by atoms with Gasteiger partial charge in [-0.2, -0.15) is 0 Å². The average molecular weight is 343 g/mol. The first kappa shape index (κ1) is 15.4. The second kappa shape index (κ2) is 5.77. The molecule has 2 heterocycles. The van der Waals surface area contributed by atoms with Gasteiger partial charge in [-0.05, 0) is 30.3 Å². The molecule has 0 aliphatic carbocycles. The third kappa shape index (κ3) is 2.57. The van der Waals surface area contributed by atoms with Gasteiger partial charge in [0, 0.05) is 17.9 Å². The van der Waals surface area contributed by atoms with E-state index in [0.29, 0.717) is 11.4 Å². The van der Waals surface area contributed by atoms with Crippen LogP contribution in [0.3, 0.4) is 0 Å². The number of fused-ring (bicyclic) bond motifs is 1. The molecule has 0 saturated carbocycles. The fourth-order valence-electron chi connectivity index (χ4n) is 3.11. The van der Waals surface area contributed by atoms with E-state index in [0.717, 1.165) is 12.1 Å². The van der Waals surface area contributed by atoms with Crippen molar-refractivity contribution in [2.75, 3.05) is 5.32 Å². The van der Waals surface area contributed by atoms with Gasteiger partial charge in [-0.1, -0.05) is 12.1 Å². The minimum atomic E-state index is -0.847. The maximum Gasteiger partial charge on any atom is 0.226 e. The summed E-state index contributed by atoms with van der Waals surface area (Å²) in [5, 5.41) is 2.66. The lowest BCUT2D eigenvalue weighted by molar-refractivity contribution is -0.116. The molecule has 2 aromatic carbocycles. The Morgan fingerprint density at radius 1 is 1.08 bits per heavy atom. The van der Waals surface area contributed by atoms with Gasteiger partial charge < -0.3 is 5.32 Å². The molecule has 3 aromatic rings. The van der Waals surface area contributed by atoms with Gasteiger partial charge in [0.25, 0.3) is 0 Å². The van der Waals surface area contributed by atoms with Crippen molar-refractivity contribution in [3.8, 4) is 5.69 Å². The van der Waals surface area contributed by atoms with Gasteiger partial charge in [0.1, 0.15) is 29.6 Å². The second-order valence-electron chi connectivity index (χ2n) is 5.77. The summed E-state index contributed by atoms with van der Waals surface area (Å²) in [7, 11) is 0. The number of benzene rings is 2. The second-order valence-corrected chi connectivity index (χ2v) is 5.77. The van der Waals surface area contributed by atoms with Gasteiger partial charge in [0.15, 0.2) is 0 Å². The number of halogens is 3. The van der Waals surface area contributed by atoms with Gasteiger partial charge in [0.05, 0.1) is 11.4 Å². The molecular weight excluding hydrogens is 331 g/mol. The molecule has 0 radical (unpaired) electrons. The Labute approximate surface area is 140 Å². The minimum absolute atomic E-state index is 0.120. The Morgan fingerprint density at radius 2 is 1.80 bits per heavy atom. The maximum atomic E-state index is 14.2. The van der Waals surface area contributed by atoms with E-state index in [1.807, 2.05) is 0 Å². The predicted molar refractivity (Wildman–Crippen MR) is 85.0 cm³/mol. The lowest BCUT2D eigenvalue weighted by Crippen LogP contribution is -2.26. The smallest absolute Gasteiger partial charge is 0.226 e. The molecule has 7 heteroatoms. The topological polar surface area (TPSA) is 46.9 Å². The van der Waals surface area contributed by atoms with Crippen LogP contribution in [0.25, 0.3) is 5.69 Å². The first-order chi connectivity index (χ1) is 12.0. The van der Waals surface area contributed by atoms with E-state index in [1.54, 1.807) is 6.07 Å². The summed E-state index contributed by atoms with van der Waals surface area (Å²) in [5.74, 6) is -2.86. The molecule has 1 aromatic heterocycles. The molecule has 1 aliphatic rings. The number of hydrogen-bond donors (Lipinski definition) is 1. The number of rotatable bonds is 2. The monoisotopic (exact) mass is 343 g/mol. The quantitative estimate of drug-likeness (QED) is 0.770. The van der Waals surface area contributed by atoms with Crippen LogP contribution in [-0.4, -0.2) is 15.5 Å². The molecular formula is C18H12F3N3O. The van der Waals surface area contributed by atoms with Crippen LogP contribution < -0.4 is 5.32 Å². The number of carbonyl (C=O) groups excluding carboxylic acids is 1. The zero-order chi connectivity index (χ0) is 17.6. The summed E-state index contributed by atoms with van der Waals surface area (Å²) in [6.07, 6.45) is 1.28.